The van der Waals surface area contributed by atoms with E-state index in [1.54, 1.807) is 0 Å². The third kappa shape index (κ3) is 4.04. The van der Waals surface area contributed by atoms with E-state index in [0.29, 0.717) is 10.2 Å². The maximum Gasteiger partial charge on any atom is 0.268 e. The number of benzene rings is 2. The third-order valence-electron chi connectivity index (χ3n) is 3.93. The summed E-state index contributed by atoms with van der Waals surface area (Å²) < 4.78 is 30.9. The summed E-state index contributed by atoms with van der Waals surface area (Å²) in [5.74, 6) is -0.298. The van der Waals surface area contributed by atoms with Crippen molar-refractivity contribution in [3.63, 3.8) is 0 Å². The molecule has 0 aliphatic carbocycles. The first-order valence-electron chi connectivity index (χ1n) is 7.80. The van der Waals surface area contributed by atoms with Crippen LogP contribution in [0.1, 0.15) is 21.5 Å². The number of hydroxylamine groups is 1. The summed E-state index contributed by atoms with van der Waals surface area (Å²) in [4.78, 5) is 17.2. The van der Waals surface area contributed by atoms with Crippen LogP contribution in [0.15, 0.2) is 41.3 Å². The first-order valence-corrected chi connectivity index (χ1v) is 9.24. The molecule has 0 aliphatic heterocycles. The van der Waals surface area contributed by atoms with E-state index in [1.807, 2.05) is 32.0 Å². The minimum atomic E-state index is -3.97. The lowest BCUT2D eigenvalue weighted by atomic mass is 10.1. The number of rotatable bonds is 6. The van der Waals surface area contributed by atoms with Crippen molar-refractivity contribution >= 4 is 21.6 Å². The topological polar surface area (TPSA) is 84.9 Å². The number of anilines is 1. The molecule has 0 saturated carbocycles. The Morgan fingerprint density at radius 1 is 1.08 bits per heavy atom. The van der Waals surface area contributed by atoms with Crippen LogP contribution >= 0.6 is 0 Å². The Kier molecular flexibility index (Phi) is 6.01. The van der Waals surface area contributed by atoms with Crippen molar-refractivity contribution < 1.29 is 22.8 Å². The fourth-order valence-corrected chi connectivity index (χ4v) is 3.56. The van der Waals surface area contributed by atoms with Gasteiger partial charge >= 0.3 is 0 Å². The van der Waals surface area contributed by atoms with Crippen molar-refractivity contribution in [1.29, 1.82) is 0 Å². The van der Waals surface area contributed by atoms with Crippen LogP contribution in [0.4, 0.5) is 5.69 Å². The molecule has 140 valence electrons. The van der Waals surface area contributed by atoms with E-state index in [9.17, 15) is 13.2 Å². The lowest BCUT2D eigenvalue weighted by Gasteiger charge is -2.17. The molecule has 8 heteroatoms. The Morgan fingerprint density at radius 3 is 2.35 bits per heavy atom. The van der Waals surface area contributed by atoms with Crippen molar-refractivity contribution in [2.75, 3.05) is 26.6 Å². The predicted octanol–water partition coefficient (Wildman–Crippen LogP) is 2.75. The van der Waals surface area contributed by atoms with Crippen LogP contribution in [0.25, 0.3) is 0 Å². The highest BCUT2D eigenvalue weighted by molar-refractivity contribution is 7.89. The fourth-order valence-electron chi connectivity index (χ4n) is 2.40. The monoisotopic (exact) mass is 378 g/mol. The molecule has 0 spiro atoms. The molecular weight excluding hydrogens is 356 g/mol. The van der Waals surface area contributed by atoms with Crippen LogP contribution in [0, 0.1) is 13.8 Å². The molecule has 0 saturated heterocycles. The van der Waals surface area contributed by atoms with Crippen molar-refractivity contribution in [3.8, 4) is 5.75 Å². The minimum Gasteiger partial charge on any atom is -0.495 e. The molecule has 2 rings (SSSR count). The number of sulfonamides is 1. The highest BCUT2D eigenvalue weighted by Crippen LogP contribution is 2.28. The Labute approximate surface area is 153 Å². The molecular formula is C18H22N2O5S. The molecule has 2 aromatic rings. The van der Waals surface area contributed by atoms with Gasteiger partial charge in [0.1, 0.15) is 10.6 Å². The van der Waals surface area contributed by atoms with E-state index >= 15 is 0 Å². The summed E-state index contributed by atoms with van der Waals surface area (Å²) in [6.45, 7) is 3.85. The van der Waals surface area contributed by atoms with Gasteiger partial charge in [-0.2, -0.15) is 0 Å². The summed E-state index contributed by atoms with van der Waals surface area (Å²) >= 11 is 0. The number of carbonyl (C=O) groups excluding carboxylic acids is 1. The summed E-state index contributed by atoms with van der Waals surface area (Å²) in [5.41, 5.74) is 2.85. The molecule has 0 atom stereocenters. The standard InChI is InChI=1S/C18H22N2O5S/c1-12-6-8-15(13(2)10-12)19-18(21)14-7-9-16(24-4)17(11-14)26(22,23)20(3)25-5/h6-11H,1-5H3,(H,19,21). The van der Waals surface area contributed by atoms with E-state index in [2.05, 4.69) is 5.32 Å². The number of hydrogen-bond donors (Lipinski definition) is 1. The molecule has 0 unspecified atom stereocenters. The SMILES string of the molecule is COc1ccc(C(=O)Nc2ccc(C)cc2C)cc1S(=O)(=O)N(C)OC. The lowest BCUT2D eigenvalue weighted by Crippen LogP contribution is -2.26. The smallest absolute Gasteiger partial charge is 0.268 e. The highest BCUT2D eigenvalue weighted by atomic mass is 32.2. The van der Waals surface area contributed by atoms with Gasteiger partial charge in [-0.25, -0.2) is 8.42 Å². The number of nitrogens with zero attached hydrogens (tertiary/aromatic N) is 1. The number of nitrogens with one attached hydrogen (secondary N) is 1. The molecule has 7 nitrogen and oxygen atoms in total. The van der Waals surface area contributed by atoms with Crippen LogP contribution in [0.3, 0.4) is 0 Å². The Bertz CT molecular complexity index is 925. The summed E-state index contributed by atoms with van der Waals surface area (Å²) in [7, 11) is -0.113. The van der Waals surface area contributed by atoms with Gasteiger partial charge in [0.2, 0.25) is 0 Å². The van der Waals surface area contributed by atoms with E-state index < -0.39 is 15.9 Å². The number of carbonyl (C=O) groups is 1. The zero-order chi connectivity index (χ0) is 19.5. The zero-order valence-corrected chi connectivity index (χ0v) is 16.2. The molecule has 0 heterocycles. The molecule has 0 radical (unpaired) electrons. The van der Waals surface area contributed by atoms with Gasteiger partial charge in [0.25, 0.3) is 15.9 Å². The van der Waals surface area contributed by atoms with E-state index in [4.69, 9.17) is 9.57 Å². The van der Waals surface area contributed by atoms with Gasteiger partial charge < -0.3 is 10.1 Å². The molecule has 0 aromatic heterocycles. The number of hydrogen-bond acceptors (Lipinski definition) is 5. The van der Waals surface area contributed by atoms with Crippen LogP contribution in [0.2, 0.25) is 0 Å². The van der Waals surface area contributed by atoms with Gasteiger partial charge in [-0.1, -0.05) is 22.2 Å². The van der Waals surface area contributed by atoms with Crippen molar-refractivity contribution in [3.05, 3.63) is 53.1 Å². The third-order valence-corrected chi connectivity index (χ3v) is 5.63. The van der Waals surface area contributed by atoms with Gasteiger partial charge in [0.05, 0.1) is 14.2 Å². The van der Waals surface area contributed by atoms with E-state index in [1.165, 1.54) is 39.5 Å². The summed E-state index contributed by atoms with van der Waals surface area (Å²) in [6, 6.07) is 9.86. The number of amides is 1. The fraction of sp³-hybridized carbons (Fsp3) is 0.278. The second kappa shape index (κ2) is 7.86. The highest BCUT2D eigenvalue weighted by Gasteiger charge is 2.26. The van der Waals surface area contributed by atoms with Crippen LogP contribution in [0.5, 0.6) is 5.75 Å². The molecule has 26 heavy (non-hydrogen) atoms. The molecule has 2 aromatic carbocycles. The molecule has 1 amide bonds. The second-order valence-electron chi connectivity index (χ2n) is 5.74. The molecule has 0 fully saturated rings. The maximum atomic E-state index is 12.6. The normalized spacial score (nSPS) is 11.5. The largest absolute Gasteiger partial charge is 0.495 e. The van der Waals surface area contributed by atoms with Gasteiger partial charge in [-0.05, 0) is 43.7 Å². The van der Waals surface area contributed by atoms with Crippen LogP contribution in [-0.2, 0) is 14.9 Å². The van der Waals surface area contributed by atoms with Gasteiger partial charge in [-0.3, -0.25) is 9.63 Å². The number of ether oxygens (including phenoxy) is 1. The average Bonchev–Trinajstić information content (AvgIpc) is 2.62. The second-order valence-corrected chi connectivity index (χ2v) is 7.64. The Balaban J connectivity index is 2.41. The van der Waals surface area contributed by atoms with Crippen molar-refractivity contribution in [2.24, 2.45) is 0 Å². The van der Waals surface area contributed by atoms with Gasteiger partial charge in [0, 0.05) is 18.3 Å². The number of aryl methyl sites for hydroxylation is 2. The number of methoxy groups -OCH3 is 1. The summed E-state index contributed by atoms with van der Waals surface area (Å²) in [6.07, 6.45) is 0. The maximum absolute atomic E-state index is 12.6. The summed E-state index contributed by atoms with van der Waals surface area (Å²) in [5, 5.41) is 2.79. The Morgan fingerprint density at radius 2 is 1.77 bits per heavy atom. The first-order chi connectivity index (χ1) is 12.2. The first kappa shape index (κ1) is 19.9. The van der Waals surface area contributed by atoms with Crippen molar-refractivity contribution in [2.45, 2.75) is 18.7 Å². The van der Waals surface area contributed by atoms with E-state index in [0.717, 1.165) is 11.1 Å². The van der Waals surface area contributed by atoms with Crippen LogP contribution < -0.4 is 10.1 Å². The molecule has 0 aliphatic rings. The minimum absolute atomic E-state index is 0.122. The predicted molar refractivity (Wildman–Crippen MR) is 98.8 cm³/mol. The lowest BCUT2D eigenvalue weighted by molar-refractivity contribution is -0.0259. The zero-order valence-electron chi connectivity index (χ0n) is 15.4. The van der Waals surface area contributed by atoms with Gasteiger partial charge in [0.15, 0.2) is 0 Å². The average molecular weight is 378 g/mol. The van der Waals surface area contributed by atoms with Gasteiger partial charge in [-0.15, -0.1) is 0 Å². The van der Waals surface area contributed by atoms with Crippen LogP contribution in [-0.4, -0.2) is 40.1 Å². The quantitative estimate of drug-likeness (QED) is 0.781. The molecule has 0 bridgehead atoms. The van der Waals surface area contributed by atoms with E-state index in [-0.39, 0.29) is 16.2 Å². The molecule has 1 N–H and O–H groups in total. The Hall–Kier alpha value is -2.42. The van der Waals surface area contributed by atoms with Crippen molar-refractivity contribution in [1.82, 2.24) is 4.47 Å².